The number of nitrogens with one attached hydrogen (secondary N) is 1. The number of nitrogens with zero attached hydrogens (tertiary/aromatic N) is 2. The van der Waals surface area contributed by atoms with Gasteiger partial charge in [0, 0.05) is 25.2 Å². The molecule has 2 saturated heterocycles. The molecule has 0 aliphatic carbocycles. The summed E-state index contributed by atoms with van der Waals surface area (Å²) < 4.78 is 0. The first-order valence-electron chi connectivity index (χ1n) is 5.44. The highest BCUT2D eigenvalue weighted by molar-refractivity contribution is 6.29. The van der Waals surface area contributed by atoms with Gasteiger partial charge in [0.2, 0.25) is 0 Å². The molecule has 2 bridgehead atoms. The van der Waals surface area contributed by atoms with Crippen LogP contribution in [0.2, 0.25) is 5.15 Å². The molecule has 0 unspecified atom stereocenters. The van der Waals surface area contributed by atoms with E-state index in [-0.39, 0.29) is 24.8 Å². The summed E-state index contributed by atoms with van der Waals surface area (Å²) >= 11 is 5.79. The van der Waals surface area contributed by atoms with Gasteiger partial charge in [-0.3, -0.25) is 0 Å². The van der Waals surface area contributed by atoms with Crippen LogP contribution in [-0.4, -0.2) is 30.2 Å². The molecule has 3 nitrogen and oxygen atoms in total. The van der Waals surface area contributed by atoms with Gasteiger partial charge in [-0.2, -0.15) is 0 Å². The van der Waals surface area contributed by atoms with Crippen molar-refractivity contribution in [2.24, 2.45) is 0 Å². The summed E-state index contributed by atoms with van der Waals surface area (Å²) in [7, 11) is 0. The van der Waals surface area contributed by atoms with Gasteiger partial charge < -0.3 is 10.2 Å². The van der Waals surface area contributed by atoms with Crippen molar-refractivity contribution in [3.63, 3.8) is 0 Å². The van der Waals surface area contributed by atoms with Crippen LogP contribution in [-0.2, 0) is 0 Å². The fourth-order valence-electron chi connectivity index (χ4n) is 2.61. The lowest BCUT2D eigenvalue weighted by atomic mass is 10.0. The van der Waals surface area contributed by atoms with Crippen molar-refractivity contribution in [2.75, 3.05) is 18.0 Å². The Morgan fingerprint density at radius 2 is 2.18 bits per heavy atom. The van der Waals surface area contributed by atoms with Gasteiger partial charge in [-0.05, 0) is 25.0 Å². The Balaban J connectivity index is 0.000000722. The maximum atomic E-state index is 5.79. The first kappa shape index (κ1) is 14.8. The van der Waals surface area contributed by atoms with Crippen LogP contribution in [0.25, 0.3) is 0 Å². The first-order valence-corrected chi connectivity index (χ1v) is 5.82. The van der Waals surface area contributed by atoms with Gasteiger partial charge in [0.25, 0.3) is 0 Å². The number of rotatable bonds is 1. The van der Waals surface area contributed by atoms with E-state index in [1.54, 1.807) is 0 Å². The van der Waals surface area contributed by atoms with Gasteiger partial charge in [-0.1, -0.05) is 11.6 Å². The third-order valence-electron chi connectivity index (χ3n) is 3.40. The zero-order chi connectivity index (χ0) is 10.3. The van der Waals surface area contributed by atoms with E-state index >= 15 is 0 Å². The molecule has 0 spiro atoms. The van der Waals surface area contributed by atoms with Crippen LogP contribution in [0, 0.1) is 0 Å². The summed E-state index contributed by atoms with van der Waals surface area (Å²) in [6.07, 6.45) is 4.38. The maximum Gasteiger partial charge on any atom is 0.129 e. The lowest BCUT2D eigenvalue weighted by Gasteiger charge is -2.34. The number of anilines is 1. The van der Waals surface area contributed by atoms with E-state index in [9.17, 15) is 0 Å². The highest BCUT2D eigenvalue weighted by Gasteiger charge is 2.33. The van der Waals surface area contributed by atoms with Crippen LogP contribution < -0.4 is 10.2 Å². The molecular weight excluding hydrogens is 281 g/mol. The highest BCUT2D eigenvalue weighted by atomic mass is 35.5. The normalized spacial score (nSPS) is 26.1. The van der Waals surface area contributed by atoms with Gasteiger partial charge in [-0.15, -0.1) is 24.8 Å². The van der Waals surface area contributed by atoms with Crippen molar-refractivity contribution in [3.8, 4) is 0 Å². The molecule has 96 valence electrons. The van der Waals surface area contributed by atoms with Crippen molar-refractivity contribution in [2.45, 2.75) is 24.9 Å². The van der Waals surface area contributed by atoms with E-state index in [2.05, 4.69) is 21.3 Å². The number of piperidine rings is 1. The van der Waals surface area contributed by atoms with Crippen molar-refractivity contribution in [1.29, 1.82) is 0 Å². The molecule has 0 radical (unpaired) electrons. The molecule has 1 aromatic rings. The lowest BCUT2D eigenvalue weighted by Crippen LogP contribution is -2.40. The second kappa shape index (κ2) is 6.10. The van der Waals surface area contributed by atoms with Gasteiger partial charge in [-0.25, -0.2) is 4.98 Å². The minimum Gasteiger partial charge on any atom is -0.366 e. The van der Waals surface area contributed by atoms with E-state index in [4.69, 9.17) is 11.6 Å². The summed E-state index contributed by atoms with van der Waals surface area (Å²) in [6, 6.07) is 5.32. The van der Waals surface area contributed by atoms with Crippen molar-refractivity contribution in [1.82, 2.24) is 10.3 Å². The van der Waals surface area contributed by atoms with Gasteiger partial charge in [0.1, 0.15) is 5.15 Å². The molecule has 0 aromatic carbocycles. The molecule has 2 aliphatic rings. The molecule has 6 heteroatoms. The Morgan fingerprint density at radius 1 is 1.35 bits per heavy atom. The molecule has 0 amide bonds. The van der Waals surface area contributed by atoms with Crippen LogP contribution in [0.15, 0.2) is 18.3 Å². The lowest BCUT2D eigenvalue weighted by molar-refractivity contribution is 0.490. The minimum absolute atomic E-state index is 0. The average Bonchev–Trinajstić information content (AvgIpc) is 2.63. The third kappa shape index (κ3) is 2.97. The van der Waals surface area contributed by atoms with E-state index in [0.29, 0.717) is 11.2 Å². The number of pyridine rings is 1. The fourth-order valence-corrected chi connectivity index (χ4v) is 2.72. The number of hydrogen-bond donors (Lipinski definition) is 1. The summed E-state index contributed by atoms with van der Waals surface area (Å²) in [5.41, 5.74) is 1.20. The van der Waals surface area contributed by atoms with Crippen molar-refractivity contribution >= 4 is 42.1 Å². The quantitative estimate of drug-likeness (QED) is 0.807. The smallest absolute Gasteiger partial charge is 0.129 e. The van der Waals surface area contributed by atoms with Crippen molar-refractivity contribution in [3.05, 3.63) is 23.5 Å². The van der Waals surface area contributed by atoms with Gasteiger partial charge in [0.15, 0.2) is 0 Å². The SMILES string of the molecule is Cl.Cl.Clc1ccc(N2CC[C@H]3C[C@@H]2CN3)cn1. The molecule has 2 aliphatic heterocycles. The monoisotopic (exact) mass is 295 g/mol. The number of fused-ring (bicyclic) bond motifs is 2. The summed E-state index contributed by atoms with van der Waals surface area (Å²) in [6.45, 7) is 2.24. The molecule has 1 aromatic heterocycles. The second-order valence-corrected chi connectivity index (χ2v) is 4.70. The van der Waals surface area contributed by atoms with Crippen molar-refractivity contribution < 1.29 is 0 Å². The Labute approximate surface area is 119 Å². The van der Waals surface area contributed by atoms with Gasteiger partial charge in [0.05, 0.1) is 11.9 Å². The molecule has 0 saturated carbocycles. The molecule has 3 heterocycles. The maximum absolute atomic E-state index is 5.79. The molecule has 2 fully saturated rings. The average molecular weight is 297 g/mol. The van der Waals surface area contributed by atoms with Crippen LogP contribution >= 0.6 is 36.4 Å². The van der Waals surface area contributed by atoms with E-state index in [1.807, 2.05) is 12.3 Å². The third-order valence-corrected chi connectivity index (χ3v) is 3.62. The van der Waals surface area contributed by atoms with Crippen LogP contribution in [0.1, 0.15) is 12.8 Å². The van der Waals surface area contributed by atoms with E-state index < -0.39 is 0 Å². The van der Waals surface area contributed by atoms with Crippen LogP contribution in [0.5, 0.6) is 0 Å². The number of aromatic nitrogens is 1. The Kier molecular flexibility index (Phi) is 5.32. The Bertz CT molecular complexity index is 357. The summed E-state index contributed by atoms with van der Waals surface area (Å²) in [5.74, 6) is 0. The summed E-state index contributed by atoms with van der Waals surface area (Å²) in [4.78, 5) is 6.58. The minimum atomic E-state index is 0. The highest BCUT2D eigenvalue weighted by Crippen LogP contribution is 2.28. The molecular formula is C11H16Cl3N3. The molecule has 1 N–H and O–H groups in total. The number of halogens is 3. The number of hydrogen-bond acceptors (Lipinski definition) is 3. The zero-order valence-corrected chi connectivity index (χ0v) is 11.7. The largest absolute Gasteiger partial charge is 0.366 e. The van der Waals surface area contributed by atoms with Gasteiger partial charge >= 0.3 is 0 Å². The fraction of sp³-hybridized carbons (Fsp3) is 0.545. The molecule has 2 atom stereocenters. The Morgan fingerprint density at radius 3 is 2.88 bits per heavy atom. The second-order valence-electron chi connectivity index (χ2n) is 4.32. The van der Waals surface area contributed by atoms with Crippen LogP contribution in [0.3, 0.4) is 0 Å². The predicted octanol–water partition coefficient (Wildman–Crippen LogP) is 2.52. The zero-order valence-electron chi connectivity index (χ0n) is 9.30. The first-order chi connectivity index (χ1) is 7.33. The molecule has 17 heavy (non-hydrogen) atoms. The Hall–Kier alpha value is -0.220. The van der Waals surface area contributed by atoms with E-state index in [1.165, 1.54) is 18.5 Å². The van der Waals surface area contributed by atoms with E-state index in [0.717, 1.165) is 19.1 Å². The van der Waals surface area contributed by atoms with Crippen LogP contribution in [0.4, 0.5) is 5.69 Å². The topological polar surface area (TPSA) is 28.2 Å². The standard InChI is InChI=1S/C11H14ClN3.2ClH/c12-11-2-1-9(6-14-11)15-4-3-8-5-10(15)7-13-8;;/h1-2,6,8,10,13H,3-5,7H2;2*1H/t8-,10+;;/m0../s1. The molecule has 3 rings (SSSR count). The summed E-state index contributed by atoms with van der Waals surface area (Å²) in [5, 5.41) is 4.11. The predicted molar refractivity (Wildman–Crippen MR) is 75.9 cm³/mol.